The van der Waals surface area contributed by atoms with Crippen LogP contribution in [0.5, 0.6) is 0 Å². The average molecular weight is 426 g/mol. The van der Waals surface area contributed by atoms with Gasteiger partial charge >= 0.3 is 6.09 Å². The summed E-state index contributed by atoms with van der Waals surface area (Å²) < 4.78 is 10.7. The van der Waals surface area contributed by atoms with Gasteiger partial charge in [0.2, 0.25) is 0 Å². The first-order valence-corrected chi connectivity index (χ1v) is 10.6. The minimum atomic E-state index is -0.573. The number of rotatable bonds is 6. The van der Waals surface area contributed by atoms with E-state index in [1.165, 1.54) is 0 Å². The van der Waals surface area contributed by atoms with Crippen LogP contribution < -0.4 is 10.6 Å². The second-order valence-electron chi connectivity index (χ2n) is 8.55. The molecule has 2 aromatic rings. The second kappa shape index (κ2) is 10.4. The van der Waals surface area contributed by atoms with Crippen LogP contribution in [0.15, 0.2) is 54.6 Å². The smallest absolute Gasteiger partial charge is 0.412 e. The van der Waals surface area contributed by atoms with Gasteiger partial charge in [-0.05, 0) is 50.6 Å². The van der Waals surface area contributed by atoms with Crippen molar-refractivity contribution in [3.05, 3.63) is 65.7 Å². The molecule has 3 rings (SSSR count). The number of ether oxygens (including phenoxy) is 2. The van der Waals surface area contributed by atoms with E-state index in [1.54, 1.807) is 45.0 Å². The van der Waals surface area contributed by atoms with Crippen molar-refractivity contribution in [3.8, 4) is 0 Å². The number of morpholine rings is 1. The fourth-order valence-electron chi connectivity index (χ4n) is 3.33. The fraction of sp³-hybridized carbons (Fsp3) is 0.417. The molecule has 2 aromatic carbocycles. The van der Waals surface area contributed by atoms with Crippen molar-refractivity contribution in [2.45, 2.75) is 32.4 Å². The van der Waals surface area contributed by atoms with Crippen molar-refractivity contribution in [1.29, 1.82) is 0 Å². The van der Waals surface area contributed by atoms with Crippen LogP contribution >= 0.6 is 0 Å². The third-order valence-electron chi connectivity index (χ3n) is 4.84. The predicted molar refractivity (Wildman–Crippen MR) is 120 cm³/mol. The molecule has 1 aliphatic rings. The third kappa shape index (κ3) is 7.38. The van der Waals surface area contributed by atoms with Crippen LogP contribution in [-0.4, -0.2) is 55.3 Å². The lowest BCUT2D eigenvalue weighted by Crippen LogP contribution is -2.43. The van der Waals surface area contributed by atoms with Crippen molar-refractivity contribution in [3.63, 3.8) is 0 Å². The van der Waals surface area contributed by atoms with Crippen LogP contribution in [0.3, 0.4) is 0 Å². The summed E-state index contributed by atoms with van der Waals surface area (Å²) in [5.41, 5.74) is 1.58. The highest BCUT2D eigenvalue weighted by Crippen LogP contribution is 2.18. The summed E-state index contributed by atoms with van der Waals surface area (Å²) in [5, 5.41) is 5.83. The van der Waals surface area contributed by atoms with E-state index >= 15 is 0 Å². The van der Waals surface area contributed by atoms with E-state index in [2.05, 4.69) is 15.5 Å². The minimum absolute atomic E-state index is 0.133. The summed E-state index contributed by atoms with van der Waals surface area (Å²) in [6.07, 6.45) is -0.528. The topological polar surface area (TPSA) is 79.9 Å². The quantitative estimate of drug-likeness (QED) is 0.735. The van der Waals surface area contributed by atoms with E-state index in [9.17, 15) is 9.59 Å². The van der Waals surface area contributed by atoms with Gasteiger partial charge < -0.3 is 14.8 Å². The fourth-order valence-corrected chi connectivity index (χ4v) is 3.33. The summed E-state index contributed by atoms with van der Waals surface area (Å²) in [4.78, 5) is 27.1. The molecule has 1 heterocycles. The SMILES string of the molecule is CC(C)(C)OC(=O)Nc1ccc(C(=O)N[C@H](CN2CCOCC2)c2ccccc2)cc1. The number of carbonyl (C=O) groups excluding carboxylic acids is 2. The Kier molecular flexibility index (Phi) is 7.65. The molecule has 0 radical (unpaired) electrons. The Balaban J connectivity index is 1.64. The van der Waals surface area contributed by atoms with Gasteiger partial charge in [0, 0.05) is 30.9 Å². The molecule has 1 saturated heterocycles. The Morgan fingerprint density at radius 1 is 1.03 bits per heavy atom. The Morgan fingerprint density at radius 3 is 2.29 bits per heavy atom. The van der Waals surface area contributed by atoms with Gasteiger partial charge in [-0.25, -0.2) is 4.79 Å². The molecule has 31 heavy (non-hydrogen) atoms. The van der Waals surface area contributed by atoms with Crippen molar-refractivity contribution in [2.75, 3.05) is 38.2 Å². The van der Waals surface area contributed by atoms with Gasteiger partial charge in [0.05, 0.1) is 19.3 Å². The zero-order chi connectivity index (χ0) is 22.3. The molecule has 0 aliphatic carbocycles. The lowest BCUT2D eigenvalue weighted by molar-refractivity contribution is 0.0332. The minimum Gasteiger partial charge on any atom is -0.444 e. The standard InChI is InChI=1S/C24H31N3O4/c1-24(2,3)31-23(29)25-20-11-9-19(10-12-20)22(28)26-21(18-7-5-4-6-8-18)17-27-13-15-30-16-14-27/h4-12,21H,13-17H2,1-3H3,(H,25,29)(H,26,28)/t21-/m1/s1. The van der Waals surface area contributed by atoms with Gasteiger partial charge in [-0.1, -0.05) is 30.3 Å². The van der Waals surface area contributed by atoms with Gasteiger partial charge in [-0.15, -0.1) is 0 Å². The Labute approximate surface area is 183 Å². The van der Waals surface area contributed by atoms with Gasteiger partial charge in [0.25, 0.3) is 5.91 Å². The maximum absolute atomic E-state index is 12.9. The second-order valence-corrected chi connectivity index (χ2v) is 8.55. The maximum Gasteiger partial charge on any atom is 0.412 e. The molecule has 0 aromatic heterocycles. The number of benzene rings is 2. The van der Waals surface area contributed by atoms with Gasteiger partial charge in [-0.2, -0.15) is 0 Å². The number of hydrogen-bond acceptors (Lipinski definition) is 5. The molecule has 166 valence electrons. The van der Waals surface area contributed by atoms with E-state index in [-0.39, 0.29) is 11.9 Å². The largest absolute Gasteiger partial charge is 0.444 e. The normalized spacial score (nSPS) is 15.7. The number of nitrogens with one attached hydrogen (secondary N) is 2. The molecule has 0 bridgehead atoms. The summed E-state index contributed by atoms with van der Waals surface area (Å²) >= 11 is 0. The first kappa shape index (κ1) is 22.8. The molecule has 0 spiro atoms. The molecule has 1 fully saturated rings. The summed E-state index contributed by atoms with van der Waals surface area (Å²) in [6, 6.07) is 16.6. The number of nitrogens with zero attached hydrogens (tertiary/aromatic N) is 1. The highest BCUT2D eigenvalue weighted by Gasteiger charge is 2.21. The zero-order valence-corrected chi connectivity index (χ0v) is 18.4. The monoisotopic (exact) mass is 425 g/mol. The lowest BCUT2D eigenvalue weighted by atomic mass is 10.1. The summed E-state index contributed by atoms with van der Waals surface area (Å²) in [5.74, 6) is -0.161. The predicted octanol–water partition coefficient (Wildman–Crippen LogP) is 3.84. The van der Waals surface area contributed by atoms with Crippen LogP contribution in [0.2, 0.25) is 0 Å². The molecular weight excluding hydrogens is 394 g/mol. The maximum atomic E-state index is 12.9. The van der Waals surface area contributed by atoms with Crippen molar-refractivity contribution >= 4 is 17.7 Å². The Morgan fingerprint density at radius 2 is 1.68 bits per heavy atom. The van der Waals surface area contributed by atoms with E-state index in [1.807, 2.05) is 30.3 Å². The van der Waals surface area contributed by atoms with Crippen LogP contribution in [0.4, 0.5) is 10.5 Å². The Bertz CT molecular complexity index is 857. The molecular formula is C24H31N3O4. The molecule has 7 nitrogen and oxygen atoms in total. The molecule has 1 aliphatic heterocycles. The third-order valence-corrected chi connectivity index (χ3v) is 4.84. The summed E-state index contributed by atoms with van der Waals surface area (Å²) in [7, 11) is 0. The molecule has 0 unspecified atom stereocenters. The number of anilines is 1. The van der Waals surface area contributed by atoms with E-state index in [0.29, 0.717) is 24.5 Å². The van der Waals surface area contributed by atoms with Crippen LogP contribution in [0.1, 0.15) is 42.7 Å². The van der Waals surface area contributed by atoms with Gasteiger partial charge in [0.1, 0.15) is 5.60 Å². The van der Waals surface area contributed by atoms with Crippen molar-refractivity contribution in [2.24, 2.45) is 0 Å². The highest BCUT2D eigenvalue weighted by molar-refractivity contribution is 5.95. The van der Waals surface area contributed by atoms with E-state index < -0.39 is 11.7 Å². The van der Waals surface area contributed by atoms with Crippen LogP contribution in [0.25, 0.3) is 0 Å². The van der Waals surface area contributed by atoms with Crippen molar-refractivity contribution in [1.82, 2.24) is 10.2 Å². The molecule has 2 amide bonds. The Hall–Kier alpha value is -2.90. The number of carbonyl (C=O) groups is 2. The van der Waals surface area contributed by atoms with E-state index in [0.717, 1.165) is 25.2 Å². The average Bonchev–Trinajstić information content (AvgIpc) is 2.74. The molecule has 7 heteroatoms. The highest BCUT2D eigenvalue weighted by atomic mass is 16.6. The lowest BCUT2D eigenvalue weighted by Gasteiger charge is -2.31. The zero-order valence-electron chi connectivity index (χ0n) is 18.4. The first-order valence-electron chi connectivity index (χ1n) is 10.6. The van der Waals surface area contributed by atoms with Gasteiger partial charge in [0.15, 0.2) is 0 Å². The molecule has 1 atom stereocenters. The number of hydrogen-bond donors (Lipinski definition) is 2. The molecule has 2 N–H and O–H groups in total. The molecule has 0 saturated carbocycles. The van der Waals surface area contributed by atoms with E-state index in [4.69, 9.17) is 9.47 Å². The van der Waals surface area contributed by atoms with Gasteiger partial charge in [-0.3, -0.25) is 15.0 Å². The van der Waals surface area contributed by atoms with Crippen LogP contribution in [0, 0.1) is 0 Å². The first-order chi connectivity index (χ1) is 14.8. The number of amides is 2. The summed E-state index contributed by atoms with van der Waals surface area (Å²) in [6.45, 7) is 9.26. The van der Waals surface area contributed by atoms with Crippen molar-refractivity contribution < 1.29 is 19.1 Å². The van der Waals surface area contributed by atoms with Crippen LogP contribution in [-0.2, 0) is 9.47 Å².